The van der Waals surface area contributed by atoms with Crippen molar-refractivity contribution < 1.29 is 9.47 Å². The summed E-state index contributed by atoms with van der Waals surface area (Å²) < 4.78 is 11.1. The first-order valence-corrected chi connectivity index (χ1v) is 6.88. The van der Waals surface area contributed by atoms with Crippen LogP contribution in [-0.2, 0) is 13.2 Å². The Balaban J connectivity index is 2.14. The summed E-state index contributed by atoms with van der Waals surface area (Å²) in [5, 5.41) is 3.10. The van der Waals surface area contributed by atoms with Crippen molar-refractivity contribution in [1.29, 1.82) is 0 Å². The molecular weight excluding hydrogens is 266 g/mol. The fourth-order valence-electron chi connectivity index (χ4n) is 2.07. The zero-order valence-corrected chi connectivity index (χ0v) is 12.9. The van der Waals surface area contributed by atoms with Gasteiger partial charge in [0.25, 0.3) is 0 Å². The van der Waals surface area contributed by atoms with Gasteiger partial charge in [0.15, 0.2) is 0 Å². The predicted molar refractivity (Wildman–Crippen MR) is 81.6 cm³/mol. The molecule has 2 heterocycles. The minimum atomic E-state index is 0.388. The second-order valence-corrected chi connectivity index (χ2v) is 4.86. The monoisotopic (exact) mass is 287 g/mol. The molecule has 0 unspecified atom stereocenters. The van der Waals surface area contributed by atoms with Crippen molar-refractivity contribution >= 4 is 0 Å². The van der Waals surface area contributed by atoms with E-state index < -0.39 is 0 Å². The van der Waals surface area contributed by atoms with Crippen LogP contribution in [0.15, 0.2) is 24.3 Å². The van der Waals surface area contributed by atoms with Crippen LogP contribution in [0.5, 0.6) is 11.5 Å². The number of pyridine rings is 2. The van der Waals surface area contributed by atoms with Crippen molar-refractivity contribution in [3.63, 3.8) is 0 Å². The van der Waals surface area contributed by atoms with Gasteiger partial charge in [0, 0.05) is 30.1 Å². The number of methoxy groups -OCH3 is 1. The van der Waals surface area contributed by atoms with E-state index in [0.29, 0.717) is 13.2 Å². The number of hydrogen-bond donors (Lipinski definition) is 1. The number of aromatic nitrogens is 2. The summed E-state index contributed by atoms with van der Waals surface area (Å²) in [5.41, 5.74) is 3.62. The second kappa shape index (κ2) is 7.04. The summed E-state index contributed by atoms with van der Waals surface area (Å²) in [6.07, 6.45) is 0. The number of rotatable bonds is 6. The van der Waals surface area contributed by atoms with Crippen LogP contribution in [0.4, 0.5) is 0 Å². The van der Waals surface area contributed by atoms with Crippen LogP contribution in [0.3, 0.4) is 0 Å². The third-order valence-corrected chi connectivity index (χ3v) is 3.01. The molecule has 0 radical (unpaired) electrons. The van der Waals surface area contributed by atoms with Gasteiger partial charge in [-0.25, -0.2) is 0 Å². The fourth-order valence-corrected chi connectivity index (χ4v) is 2.07. The number of aryl methyl sites for hydroxylation is 2. The summed E-state index contributed by atoms with van der Waals surface area (Å²) in [7, 11) is 3.54. The van der Waals surface area contributed by atoms with E-state index in [9.17, 15) is 0 Å². The van der Waals surface area contributed by atoms with Crippen LogP contribution >= 0.6 is 0 Å². The van der Waals surface area contributed by atoms with Gasteiger partial charge < -0.3 is 14.8 Å². The number of nitrogens with one attached hydrogen (secondary N) is 1. The standard InChI is InChI=1S/C16H21N3O2/c1-11-5-6-16(15(19-11)9-17-3)21-10-13-8-14(20-4)7-12(2)18-13/h5-8,17H,9-10H2,1-4H3. The molecule has 21 heavy (non-hydrogen) atoms. The average molecular weight is 287 g/mol. The maximum absolute atomic E-state index is 5.86. The van der Waals surface area contributed by atoms with Crippen molar-refractivity contribution in [2.45, 2.75) is 27.0 Å². The largest absolute Gasteiger partial charge is 0.497 e. The molecule has 0 bridgehead atoms. The van der Waals surface area contributed by atoms with Crippen LogP contribution in [0, 0.1) is 13.8 Å². The zero-order valence-electron chi connectivity index (χ0n) is 12.9. The Morgan fingerprint density at radius 2 is 1.90 bits per heavy atom. The van der Waals surface area contributed by atoms with Gasteiger partial charge in [-0.3, -0.25) is 9.97 Å². The highest BCUT2D eigenvalue weighted by atomic mass is 16.5. The molecule has 0 amide bonds. The van der Waals surface area contributed by atoms with Gasteiger partial charge in [0.05, 0.1) is 18.5 Å². The van der Waals surface area contributed by atoms with Gasteiger partial charge >= 0.3 is 0 Å². The molecule has 5 heteroatoms. The van der Waals surface area contributed by atoms with Crippen LogP contribution < -0.4 is 14.8 Å². The average Bonchev–Trinajstić information content (AvgIpc) is 2.46. The van der Waals surface area contributed by atoms with E-state index in [4.69, 9.17) is 9.47 Å². The molecule has 0 aromatic carbocycles. The lowest BCUT2D eigenvalue weighted by atomic mass is 10.2. The summed E-state index contributed by atoms with van der Waals surface area (Å²) >= 11 is 0. The van der Waals surface area contributed by atoms with Gasteiger partial charge in [0.1, 0.15) is 18.1 Å². The summed E-state index contributed by atoms with van der Waals surface area (Å²) in [6.45, 7) is 4.96. The predicted octanol–water partition coefficient (Wildman–Crippen LogP) is 2.40. The molecule has 2 aromatic heterocycles. The van der Waals surface area contributed by atoms with Gasteiger partial charge in [-0.05, 0) is 33.0 Å². The molecule has 2 rings (SSSR count). The van der Waals surface area contributed by atoms with Crippen molar-refractivity contribution in [2.75, 3.05) is 14.2 Å². The molecule has 2 aromatic rings. The molecule has 0 aliphatic rings. The Kier molecular flexibility index (Phi) is 5.11. The van der Waals surface area contributed by atoms with Crippen LogP contribution in [-0.4, -0.2) is 24.1 Å². The smallest absolute Gasteiger partial charge is 0.142 e. The minimum Gasteiger partial charge on any atom is -0.497 e. The lowest BCUT2D eigenvalue weighted by molar-refractivity contribution is 0.294. The third kappa shape index (κ3) is 4.16. The minimum absolute atomic E-state index is 0.388. The maximum atomic E-state index is 5.86. The van der Waals surface area contributed by atoms with E-state index in [2.05, 4.69) is 15.3 Å². The highest BCUT2D eigenvalue weighted by molar-refractivity contribution is 5.30. The molecular formula is C16H21N3O2. The molecule has 5 nitrogen and oxygen atoms in total. The highest BCUT2D eigenvalue weighted by Gasteiger charge is 2.07. The van der Waals surface area contributed by atoms with Gasteiger partial charge in [-0.2, -0.15) is 0 Å². The number of ether oxygens (including phenoxy) is 2. The van der Waals surface area contributed by atoms with Crippen molar-refractivity contribution in [2.24, 2.45) is 0 Å². The first-order valence-electron chi connectivity index (χ1n) is 6.88. The molecule has 0 saturated carbocycles. The lowest BCUT2D eigenvalue weighted by Crippen LogP contribution is -2.10. The molecule has 112 valence electrons. The number of hydrogen-bond acceptors (Lipinski definition) is 5. The molecule has 0 atom stereocenters. The summed E-state index contributed by atoms with van der Waals surface area (Å²) in [4.78, 5) is 8.94. The van der Waals surface area contributed by atoms with Crippen LogP contribution in [0.2, 0.25) is 0 Å². The van der Waals surface area contributed by atoms with E-state index in [-0.39, 0.29) is 0 Å². The first-order chi connectivity index (χ1) is 10.1. The first kappa shape index (κ1) is 15.3. The Morgan fingerprint density at radius 1 is 1.10 bits per heavy atom. The Hall–Kier alpha value is -2.14. The Labute approximate surface area is 125 Å². The van der Waals surface area contributed by atoms with Gasteiger partial charge in [0.2, 0.25) is 0 Å². The van der Waals surface area contributed by atoms with Gasteiger partial charge in [-0.15, -0.1) is 0 Å². The normalized spacial score (nSPS) is 10.5. The molecule has 0 aliphatic carbocycles. The molecule has 0 saturated heterocycles. The number of nitrogens with zero attached hydrogens (tertiary/aromatic N) is 2. The highest BCUT2D eigenvalue weighted by Crippen LogP contribution is 2.19. The molecule has 1 N–H and O–H groups in total. The van der Waals surface area contributed by atoms with Crippen molar-refractivity contribution in [3.05, 3.63) is 47.0 Å². The van der Waals surface area contributed by atoms with E-state index in [1.54, 1.807) is 7.11 Å². The SMILES string of the molecule is CNCc1nc(C)ccc1OCc1cc(OC)cc(C)n1. The lowest BCUT2D eigenvalue weighted by Gasteiger charge is -2.12. The van der Waals surface area contributed by atoms with Crippen LogP contribution in [0.1, 0.15) is 22.8 Å². The quantitative estimate of drug-likeness (QED) is 0.884. The van der Waals surface area contributed by atoms with Crippen molar-refractivity contribution in [3.8, 4) is 11.5 Å². The van der Waals surface area contributed by atoms with E-state index in [1.165, 1.54) is 0 Å². The van der Waals surface area contributed by atoms with E-state index >= 15 is 0 Å². The Morgan fingerprint density at radius 3 is 2.62 bits per heavy atom. The van der Waals surface area contributed by atoms with Crippen molar-refractivity contribution in [1.82, 2.24) is 15.3 Å². The van der Waals surface area contributed by atoms with E-state index in [1.807, 2.05) is 45.2 Å². The fraction of sp³-hybridized carbons (Fsp3) is 0.375. The Bertz CT molecular complexity index is 614. The zero-order chi connectivity index (χ0) is 15.2. The molecule has 0 aliphatic heterocycles. The summed E-state index contributed by atoms with van der Waals surface area (Å²) in [6, 6.07) is 7.66. The summed E-state index contributed by atoms with van der Waals surface area (Å²) in [5.74, 6) is 1.57. The molecule has 0 spiro atoms. The topological polar surface area (TPSA) is 56.3 Å². The van der Waals surface area contributed by atoms with Crippen LogP contribution in [0.25, 0.3) is 0 Å². The van der Waals surface area contributed by atoms with Gasteiger partial charge in [-0.1, -0.05) is 0 Å². The van der Waals surface area contributed by atoms with E-state index in [0.717, 1.165) is 34.3 Å². The second-order valence-electron chi connectivity index (χ2n) is 4.86. The molecule has 0 fully saturated rings. The third-order valence-electron chi connectivity index (χ3n) is 3.01. The maximum Gasteiger partial charge on any atom is 0.142 e.